The SMILES string of the molecule is O=C(NCCCc1nc2ccccc2n1CCCOc1ccccc1Cl)C1CCCO1. The van der Waals surface area contributed by atoms with Gasteiger partial charge in [-0.05, 0) is 49.9 Å². The number of aromatic nitrogens is 2. The number of halogens is 1. The molecule has 164 valence electrons. The van der Waals surface area contributed by atoms with Crippen LogP contribution in [0.3, 0.4) is 0 Å². The molecule has 0 aliphatic carbocycles. The van der Waals surface area contributed by atoms with Crippen LogP contribution < -0.4 is 10.1 Å². The number of carbonyl (C=O) groups excluding carboxylic acids is 1. The molecule has 0 radical (unpaired) electrons. The van der Waals surface area contributed by atoms with E-state index in [1.54, 1.807) is 0 Å². The monoisotopic (exact) mass is 441 g/mol. The lowest BCUT2D eigenvalue weighted by molar-refractivity contribution is -0.130. The van der Waals surface area contributed by atoms with Crippen LogP contribution in [0, 0.1) is 0 Å². The number of hydrogen-bond acceptors (Lipinski definition) is 4. The van der Waals surface area contributed by atoms with E-state index < -0.39 is 0 Å². The van der Waals surface area contributed by atoms with E-state index in [1.807, 2.05) is 42.5 Å². The molecule has 1 atom stereocenters. The van der Waals surface area contributed by atoms with Gasteiger partial charge in [0.2, 0.25) is 5.91 Å². The molecule has 0 spiro atoms. The van der Waals surface area contributed by atoms with Gasteiger partial charge in [-0.25, -0.2) is 4.98 Å². The van der Waals surface area contributed by atoms with Crippen molar-refractivity contribution in [1.82, 2.24) is 14.9 Å². The standard InChI is InChI=1S/C24H28ClN3O3/c25-18-8-1-4-11-21(18)30-17-7-15-28-20-10-3-2-9-19(20)27-23(28)13-5-14-26-24(29)22-12-6-16-31-22/h1-4,8-11,22H,5-7,12-17H2,(H,26,29). The molecule has 1 saturated heterocycles. The van der Waals surface area contributed by atoms with Crippen molar-refractivity contribution in [2.45, 2.75) is 44.8 Å². The van der Waals surface area contributed by atoms with Crippen molar-refractivity contribution in [2.24, 2.45) is 0 Å². The van der Waals surface area contributed by atoms with E-state index in [0.717, 1.165) is 55.5 Å². The maximum absolute atomic E-state index is 12.1. The van der Waals surface area contributed by atoms with Crippen LogP contribution in [0.5, 0.6) is 5.75 Å². The predicted molar refractivity (Wildman–Crippen MR) is 122 cm³/mol. The van der Waals surface area contributed by atoms with E-state index in [1.165, 1.54) is 0 Å². The van der Waals surface area contributed by atoms with E-state index in [2.05, 4.69) is 16.0 Å². The molecule has 1 fully saturated rings. The molecular weight excluding hydrogens is 414 g/mol. The summed E-state index contributed by atoms with van der Waals surface area (Å²) in [5.74, 6) is 1.75. The van der Waals surface area contributed by atoms with Crippen LogP contribution in [0.2, 0.25) is 5.02 Å². The van der Waals surface area contributed by atoms with Crippen molar-refractivity contribution in [2.75, 3.05) is 19.8 Å². The van der Waals surface area contributed by atoms with E-state index in [-0.39, 0.29) is 12.0 Å². The average molecular weight is 442 g/mol. The molecule has 6 nitrogen and oxygen atoms in total. The number of fused-ring (bicyclic) bond motifs is 1. The molecule has 1 aliphatic rings. The van der Waals surface area contributed by atoms with Gasteiger partial charge in [0.25, 0.3) is 0 Å². The summed E-state index contributed by atoms with van der Waals surface area (Å²) in [4.78, 5) is 16.9. The predicted octanol–water partition coefficient (Wildman–Crippen LogP) is 4.39. The third kappa shape index (κ3) is 5.57. The summed E-state index contributed by atoms with van der Waals surface area (Å²) < 4.78 is 13.5. The van der Waals surface area contributed by atoms with Gasteiger partial charge in [0, 0.05) is 26.1 Å². The molecule has 2 aromatic carbocycles. The Bertz CT molecular complexity index is 1010. The molecule has 4 rings (SSSR count). The minimum Gasteiger partial charge on any atom is -0.492 e. The summed E-state index contributed by atoms with van der Waals surface area (Å²) in [5, 5.41) is 3.62. The van der Waals surface area contributed by atoms with Gasteiger partial charge >= 0.3 is 0 Å². The van der Waals surface area contributed by atoms with Crippen molar-refractivity contribution in [1.29, 1.82) is 0 Å². The van der Waals surface area contributed by atoms with Gasteiger partial charge in [-0.15, -0.1) is 0 Å². The molecule has 1 aromatic heterocycles. The zero-order valence-corrected chi connectivity index (χ0v) is 18.3. The first-order chi connectivity index (χ1) is 15.2. The van der Waals surface area contributed by atoms with Crippen molar-refractivity contribution >= 4 is 28.5 Å². The van der Waals surface area contributed by atoms with Gasteiger partial charge in [-0.1, -0.05) is 35.9 Å². The highest BCUT2D eigenvalue weighted by Gasteiger charge is 2.22. The van der Waals surface area contributed by atoms with Crippen LogP contribution in [0.1, 0.15) is 31.5 Å². The second-order valence-corrected chi connectivity index (χ2v) is 8.10. The van der Waals surface area contributed by atoms with Gasteiger partial charge in [0.05, 0.1) is 22.7 Å². The number of para-hydroxylation sites is 3. The van der Waals surface area contributed by atoms with E-state index >= 15 is 0 Å². The molecule has 1 amide bonds. The average Bonchev–Trinajstić information content (AvgIpc) is 3.44. The number of rotatable bonds is 10. The fraction of sp³-hybridized carbons (Fsp3) is 0.417. The Morgan fingerprint density at radius 1 is 1.19 bits per heavy atom. The second kappa shape index (κ2) is 10.6. The first kappa shape index (κ1) is 21.7. The zero-order valence-electron chi connectivity index (χ0n) is 17.6. The van der Waals surface area contributed by atoms with Crippen molar-refractivity contribution in [3.05, 3.63) is 59.4 Å². The molecule has 1 N–H and O–H groups in total. The summed E-state index contributed by atoms with van der Waals surface area (Å²) in [6, 6.07) is 15.7. The minimum atomic E-state index is -0.275. The van der Waals surface area contributed by atoms with Crippen molar-refractivity contribution in [3.63, 3.8) is 0 Å². The van der Waals surface area contributed by atoms with Gasteiger partial charge in [0.1, 0.15) is 17.7 Å². The van der Waals surface area contributed by atoms with Crippen LogP contribution in [-0.4, -0.2) is 41.3 Å². The first-order valence-electron chi connectivity index (χ1n) is 10.9. The Balaban J connectivity index is 1.32. The zero-order chi connectivity index (χ0) is 21.5. The van der Waals surface area contributed by atoms with Gasteiger partial charge in [0.15, 0.2) is 0 Å². The van der Waals surface area contributed by atoms with Gasteiger partial charge in [-0.3, -0.25) is 4.79 Å². The van der Waals surface area contributed by atoms with Crippen LogP contribution in [-0.2, 0) is 22.5 Å². The molecule has 2 heterocycles. The number of carbonyl (C=O) groups is 1. The molecule has 3 aromatic rings. The number of ether oxygens (including phenoxy) is 2. The summed E-state index contributed by atoms with van der Waals surface area (Å²) in [6.45, 7) is 2.69. The number of hydrogen-bond donors (Lipinski definition) is 1. The van der Waals surface area contributed by atoms with E-state index in [4.69, 9.17) is 26.1 Å². The number of nitrogens with one attached hydrogen (secondary N) is 1. The number of benzene rings is 2. The number of amides is 1. The third-order valence-electron chi connectivity index (χ3n) is 5.45. The van der Waals surface area contributed by atoms with Crippen molar-refractivity contribution in [3.8, 4) is 5.75 Å². The Hall–Kier alpha value is -2.57. The highest BCUT2D eigenvalue weighted by molar-refractivity contribution is 6.32. The largest absolute Gasteiger partial charge is 0.492 e. The fourth-order valence-corrected chi connectivity index (χ4v) is 4.08. The summed E-state index contributed by atoms with van der Waals surface area (Å²) >= 11 is 6.16. The number of nitrogens with zero attached hydrogens (tertiary/aromatic N) is 2. The van der Waals surface area contributed by atoms with Crippen molar-refractivity contribution < 1.29 is 14.3 Å². The Morgan fingerprint density at radius 3 is 2.87 bits per heavy atom. The summed E-state index contributed by atoms with van der Waals surface area (Å²) in [7, 11) is 0. The lowest BCUT2D eigenvalue weighted by atomic mass is 10.2. The molecule has 7 heteroatoms. The third-order valence-corrected chi connectivity index (χ3v) is 5.76. The maximum atomic E-state index is 12.1. The second-order valence-electron chi connectivity index (χ2n) is 7.70. The number of imidazole rings is 1. The lowest BCUT2D eigenvalue weighted by Gasteiger charge is -2.12. The molecular formula is C24H28ClN3O3. The van der Waals surface area contributed by atoms with Gasteiger partial charge < -0.3 is 19.4 Å². The van der Waals surface area contributed by atoms with E-state index in [9.17, 15) is 4.79 Å². The Kier molecular flexibility index (Phi) is 7.43. The summed E-state index contributed by atoms with van der Waals surface area (Å²) in [6.07, 6.45) is 3.97. The topological polar surface area (TPSA) is 65.4 Å². The quantitative estimate of drug-likeness (QED) is 0.474. The molecule has 31 heavy (non-hydrogen) atoms. The van der Waals surface area contributed by atoms with E-state index in [0.29, 0.717) is 30.5 Å². The van der Waals surface area contributed by atoms with Gasteiger partial charge in [-0.2, -0.15) is 0 Å². The highest BCUT2D eigenvalue weighted by Crippen LogP contribution is 2.23. The molecule has 0 saturated carbocycles. The van der Waals surface area contributed by atoms with Crippen LogP contribution in [0.15, 0.2) is 48.5 Å². The normalized spacial score (nSPS) is 16.0. The maximum Gasteiger partial charge on any atom is 0.249 e. The molecule has 1 unspecified atom stereocenters. The first-order valence-corrected chi connectivity index (χ1v) is 11.3. The Morgan fingerprint density at radius 2 is 2.03 bits per heavy atom. The van der Waals surface area contributed by atoms with Crippen LogP contribution in [0.4, 0.5) is 0 Å². The smallest absolute Gasteiger partial charge is 0.249 e. The van der Waals surface area contributed by atoms with Crippen LogP contribution >= 0.6 is 11.6 Å². The minimum absolute atomic E-state index is 0.00252. The Labute approximate surface area is 187 Å². The highest BCUT2D eigenvalue weighted by atomic mass is 35.5. The lowest BCUT2D eigenvalue weighted by Crippen LogP contribution is -2.34. The molecule has 1 aliphatic heterocycles. The fourth-order valence-electron chi connectivity index (χ4n) is 3.89. The number of aryl methyl sites for hydroxylation is 2. The van der Waals surface area contributed by atoms with Crippen LogP contribution in [0.25, 0.3) is 11.0 Å². The molecule has 0 bridgehead atoms. The summed E-state index contributed by atoms with van der Waals surface area (Å²) in [5.41, 5.74) is 2.12.